The zero-order valence-corrected chi connectivity index (χ0v) is 12.0. The van der Waals surface area contributed by atoms with Crippen LogP contribution in [0.5, 0.6) is 0 Å². The van der Waals surface area contributed by atoms with Gasteiger partial charge in [-0.25, -0.2) is 0 Å². The van der Waals surface area contributed by atoms with Crippen LogP contribution in [0.4, 0.5) is 5.69 Å². The lowest BCUT2D eigenvalue weighted by atomic mass is 9.95. The van der Waals surface area contributed by atoms with Gasteiger partial charge in [-0.05, 0) is 25.7 Å². The van der Waals surface area contributed by atoms with Gasteiger partial charge in [-0.15, -0.1) is 0 Å². The summed E-state index contributed by atoms with van der Waals surface area (Å²) in [4.78, 5) is 12.4. The predicted molar refractivity (Wildman–Crippen MR) is 74.3 cm³/mol. The summed E-state index contributed by atoms with van der Waals surface area (Å²) in [5.74, 6) is 0.657. The molecule has 0 saturated carbocycles. The number of piperidine rings is 1. The Hall–Kier alpha value is -1.47. The molecule has 1 fully saturated rings. The number of rotatable bonds is 5. The number of aliphatic hydroxyl groups excluding tert-OH is 1. The molecule has 3 atom stereocenters. The minimum Gasteiger partial charge on any atom is -0.390 e. The first-order valence-electron chi connectivity index (χ1n) is 7.04. The molecule has 0 amide bonds. The van der Waals surface area contributed by atoms with Crippen LogP contribution >= 0.6 is 0 Å². The summed E-state index contributed by atoms with van der Waals surface area (Å²) in [6.07, 6.45) is 4.38. The quantitative estimate of drug-likeness (QED) is 0.649. The number of hydrogen-bond donors (Lipinski definition) is 1. The van der Waals surface area contributed by atoms with Crippen LogP contribution in [0.25, 0.3) is 0 Å². The lowest BCUT2D eigenvalue weighted by Crippen LogP contribution is -2.45. The van der Waals surface area contributed by atoms with Crippen molar-refractivity contribution in [3.63, 3.8) is 0 Å². The highest BCUT2D eigenvalue weighted by Crippen LogP contribution is 2.21. The fourth-order valence-corrected chi connectivity index (χ4v) is 2.73. The Morgan fingerprint density at radius 3 is 2.90 bits per heavy atom. The summed E-state index contributed by atoms with van der Waals surface area (Å²) in [7, 11) is 0. The van der Waals surface area contributed by atoms with Crippen molar-refractivity contribution >= 4 is 5.69 Å². The summed E-state index contributed by atoms with van der Waals surface area (Å²) in [6, 6.07) is 0.479. The first-order chi connectivity index (χ1) is 9.45. The van der Waals surface area contributed by atoms with Crippen molar-refractivity contribution in [2.24, 2.45) is 5.92 Å². The van der Waals surface area contributed by atoms with E-state index in [1.165, 1.54) is 23.5 Å². The maximum absolute atomic E-state index is 10.6. The Bertz CT molecular complexity index is 462. The number of likely N-dealkylation sites (tertiary alicyclic amines) is 1. The zero-order valence-electron chi connectivity index (χ0n) is 12.0. The van der Waals surface area contributed by atoms with Gasteiger partial charge in [0.1, 0.15) is 12.4 Å². The minimum atomic E-state index is -0.567. The highest BCUT2D eigenvalue weighted by Gasteiger charge is 2.25. The topological polar surface area (TPSA) is 84.4 Å². The standard InChI is InChI=1S/C13H22N4O3/c1-10-3-4-11(2)15(6-10)8-13(18)9-16-7-12(5-14-16)17(19)20/h5,7,10-11,13,18H,3-4,6,8-9H2,1-2H3. The van der Waals surface area contributed by atoms with Gasteiger partial charge in [0.15, 0.2) is 0 Å². The number of aromatic nitrogens is 2. The van der Waals surface area contributed by atoms with Gasteiger partial charge < -0.3 is 5.11 Å². The molecule has 2 heterocycles. The molecule has 0 radical (unpaired) electrons. The van der Waals surface area contributed by atoms with E-state index in [1.807, 2.05) is 0 Å². The van der Waals surface area contributed by atoms with Gasteiger partial charge in [0.2, 0.25) is 0 Å². The van der Waals surface area contributed by atoms with E-state index in [-0.39, 0.29) is 12.2 Å². The molecule has 20 heavy (non-hydrogen) atoms. The number of nitro groups is 1. The fourth-order valence-electron chi connectivity index (χ4n) is 2.73. The molecule has 7 nitrogen and oxygen atoms in total. The fraction of sp³-hybridized carbons (Fsp3) is 0.769. The van der Waals surface area contributed by atoms with Crippen LogP contribution in [0, 0.1) is 16.0 Å². The summed E-state index contributed by atoms with van der Waals surface area (Å²) < 4.78 is 1.43. The second kappa shape index (κ2) is 6.32. The van der Waals surface area contributed by atoms with Gasteiger partial charge in [-0.2, -0.15) is 5.10 Å². The first kappa shape index (κ1) is 14.9. The summed E-state index contributed by atoms with van der Waals surface area (Å²) >= 11 is 0. The molecule has 1 aliphatic rings. The van der Waals surface area contributed by atoms with Gasteiger partial charge in [0.25, 0.3) is 0 Å². The van der Waals surface area contributed by atoms with Gasteiger partial charge in [0, 0.05) is 19.1 Å². The van der Waals surface area contributed by atoms with Crippen LogP contribution in [0.2, 0.25) is 0 Å². The van der Waals surface area contributed by atoms with Crippen molar-refractivity contribution < 1.29 is 10.0 Å². The smallest absolute Gasteiger partial charge is 0.306 e. The third-order valence-corrected chi connectivity index (χ3v) is 3.92. The van der Waals surface area contributed by atoms with Gasteiger partial charge >= 0.3 is 5.69 Å². The number of hydrogen-bond acceptors (Lipinski definition) is 5. The number of β-amino-alcohol motifs (C(OH)–C–C–N with tert-alkyl or cyclic N) is 1. The minimum absolute atomic E-state index is 0.0443. The molecule has 1 aromatic rings. The molecule has 1 aliphatic heterocycles. The average Bonchev–Trinajstić information content (AvgIpc) is 2.82. The van der Waals surface area contributed by atoms with E-state index in [9.17, 15) is 15.2 Å². The van der Waals surface area contributed by atoms with Crippen molar-refractivity contribution in [3.8, 4) is 0 Å². The largest absolute Gasteiger partial charge is 0.390 e. The highest BCUT2D eigenvalue weighted by molar-refractivity contribution is 5.20. The van der Waals surface area contributed by atoms with Crippen LogP contribution in [0.1, 0.15) is 26.7 Å². The first-order valence-corrected chi connectivity index (χ1v) is 7.04. The van der Waals surface area contributed by atoms with E-state index in [0.717, 1.165) is 13.0 Å². The van der Waals surface area contributed by atoms with Gasteiger partial charge in [-0.1, -0.05) is 6.92 Å². The van der Waals surface area contributed by atoms with Crippen molar-refractivity contribution in [1.29, 1.82) is 0 Å². The summed E-state index contributed by atoms with van der Waals surface area (Å²) in [5.41, 5.74) is -0.0443. The molecule has 112 valence electrons. The molecule has 3 unspecified atom stereocenters. The van der Waals surface area contributed by atoms with Crippen molar-refractivity contribution in [2.75, 3.05) is 13.1 Å². The van der Waals surface area contributed by atoms with E-state index in [4.69, 9.17) is 0 Å². The van der Waals surface area contributed by atoms with Gasteiger partial charge in [-0.3, -0.25) is 19.7 Å². The Morgan fingerprint density at radius 2 is 2.25 bits per heavy atom. The third-order valence-electron chi connectivity index (χ3n) is 3.92. The van der Waals surface area contributed by atoms with E-state index < -0.39 is 11.0 Å². The number of nitrogens with zero attached hydrogens (tertiary/aromatic N) is 4. The van der Waals surface area contributed by atoms with Crippen molar-refractivity contribution in [3.05, 3.63) is 22.5 Å². The molecule has 0 aliphatic carbocycles. The summed E-state index contributed by atoms with van der Waals surface area (Å²) in [6.45, 7) is 6.27. The Balaban J connectivity index is 1.87. The number of aliphatic hydroxyl groups is 1. The van der Waals surface area contributed by atoms with Crippen LogP contribution in [0.3, 0.4) is 0 Å². The predicted octanol–water partition coefficient (Wildman–Crippen LogP) is 1.27. The van der Waals surface area contributed by atoms with E-state index in [2.05, 4.69) is 23.8 Å². The lowest BCUT2D eigenvalue weighted by molar-refractivity contribution is -0.385. The average molecular weight is 282 g/mol. The maximum Gasteiger partial charge on any atom is 0.306 e. The summed E-state index contributed by atoms with van der Waals surface area (Å²) in [5, 5.41) is 24.6. The Morgan fingerprint density at radius 1 is 1.50 bits per heavy atom. The van der Waals surface area contributed by atoms with Crippen LogP contribution in [0.15, 0.2) is 12.4 Å². The molecule has 7 heteroatoms. The molecular weight excluding hydrogens is 260 g/mol. The Kier molecular flexibility index (Phi) is 4.72. The third kappa shape index (κ3) is 3.77. The molecule has 0 spiro atoms. The molecule has 1 saturated heterocycles. The second-order valence-corrected chi connectivity index (χ2v) is 5.82. The van der Waals surface area contributed by atoms with Gasteiger partial charge in [0.05, 0.1) is 17.6 Å². The van der Waals surface area contributed by atoms with E-state index in [1.54, 1.807) is 0 Å². The Labute approximate surface area is 118 Å². The van der Waals surface area contributed by atoms with Crippen LogP contribution in [-0.4, -0.2) is 49.9 Å². The molecule has 1 aromatic heterocycles. The molecule has 1 N–H and O–H groups in total. The molecule has 0 bridgehead atoms. The molecule has 2 rings (SSSR count). The molecule has 0 aromatic carbocycles. The maximum atomic E-state index is 10.6. The van der Waals surface area contributed by atoms with Crippen LogP contribution < -0.4 is 0 Å². The second-order valence-electron chi connectivity index (χ2n) is 5.82. The molecular formula is C13H22N4O3. The highest BCUT2D eigenvalue weighted by atomic mass is 16.6. The van der Waals surface area contributed by atoms with E-state index >= 15 is 0 Å². The monoisotopic (exact) mass is 282 g/mol. The normalized spacial score (nSPS) is 25.6. The van der Waals surface area contributed by atoms with Crippen molar-refractivity contribution in [2.45, 2.75) is 45.4 Å². The lowest BCUT2D eigenvalue weighted by Gasteiger charge is -2.37. The SMILES string of the molecule is CC1CCC(C)N(CC(O)Cn2cc([N+](=O)[O-])cn2)C1. The van der Waals surface area contributed by atoms with Crippen LogP contribution in [-0.2, 0) is 6.54 Å². The zero-order chi connectivity index (χ0) is 14.7. The van der Waals surface area contributed by atoms with Crippen molar-refractivity contribution in [1.82, 2.24) is 14.7 Å². The van der Waals surface area contributed by atoms with E-state index in [0.29, 0.717) is 18.5 Å².